The van der Waals surface area contributed by atoms with Gasteiger partial charge in [-0.05, 0) is 54.1 Å². The number of rotatable bonds is 8. The van der Waals surface area contributed by atoms with Gasteiger partial charge < -0.3 is 20.9 Å². The molecule has 0 aliphatic carbocycles. The van der Waals surface area contributed by atoms with Gasteiger partial charge in [-0.1, -0.05) is 30.3 Å². The Morgan fingerprint density at radius 3 is 2.32 bits per heavy atom. The van der Waals surface area contributed by atoms with E-state index in [2.05, 4.69) is 20.4 Å². The van der Waals surface area contributed by atoms with Crippen LogP contribution in [0.5, 0.6) is 11.5 Å². The van der Waals surface area contributed by atoms with Crippen molar-refractivity contribution in [3.8, 4) is 22.8 Å². The van der Waals surface area contributed by atoms with Crippen molar-refractivity contribution < 1.29 is 19.4 Å². The number of ether oxygens (including phenoxy) is 1. The molecular weight excluding hydrogens is 472 g/mol. The van der Waals surface area contributed by atoms with Crippen LogP contribution in [0.15, 0.2) is 85.2 Å². The Labute approximate surface area is 211 Å². The Morgan fingerprint density at radius 1 is 0.919 bits per heavy atom. The van der Waals surface area contributed by atoms with Gasteiger partial charge in [0, 0.05) is 11.3 Å². The fourth-order valence-corrected chi connectivity index (χ4v) is 3.87. The molecule has 2 heterocycles. The first-order valence-corrected chi connectivity index (χ1v) is 11.4. The lowest BCUT2D eigenvalue weighted by molar-refractivity contribution is -0.136. The highest BCUT2D eigenvalue weighted by Gasteiger charge is 2.19. The van der Waals surface area contributed by atoms with Crippen molar-refractivity contribution in [1.82, 2.24) is 19.7 Å². The summed E-state index contributed by atoms with van der Waals surface area (Å²) in [6, 6.07) is 23.5. The van der Waals surface area contributed by atoms with Crippen LogP contribution in [0.25, 0.3) is 22.3 Å². The number of nitrogens with zero attached hydrogens (tertiary/aromatic N) is 4. The number of nitrogens with one attached hydrogen (secondary N) is 1. The predicted molar refractivity (Wildman–Crippen MR) is 138 cm³/mol. The topological polar surface area (TPSA) is 145 Å². The molecule has 0 fully saturated rings. The summed E-state index contributed by atoms with van der Waals surface area (Å²) in [6.07, 6.45) is 1.24. The van der Waals surface area contributed by atoms with E-state index in [4.69, 9.17) is 15.6 Å². The minimum atomic E-state index is -0.919. The molecule has 0 radical (unpaired) electrons. The van der Waals surface area contributed by atoms with Crippen LogP contribution < -0.4 is 15.8 Å². The summed E-state index contributed by atoms with van der Waals surface area (Å²) >= 11 is 0. The second kappa shape index (κ2) is 10.2. The summed E-state index contributed by atoms with van der Waals surface area (Å²) in [5.74, 6) is 0.399. The molecular formula is C27H22N6O4. The summed E-state index contributed by atoms with van der Waals surface area (Å²) in [5.41, 5.74) is 9.09. The second-order valence-electron chi connectivity index (χ2n) is 8.22. The van der Waals surface area contributed by atoms with Crippen LogP contribution in [0, 0.1) is 0 Å². The standard InChI is InChI=1S/C27H22N6O4/c28-26-24-25(18-8-12-21(13-9-18)37-20-4-2-1-3-5-20)32-33(27(24)30-16-29-26)15-22(34)31-19-10-6-17(7-11-19)14-23(35)36/h1-13,16H,14-15H2,(H,31,34)(H,35,36)(H2,28,29,30). The first-order valence-electron chi connectivity index (χ1n) is 11.4. The fraction of sp³-hybridized carbons (Fsp3) is 0.0741. The van der Waals surface area contributed by atoms with E-state index in [-0.39, 0.29) is 24.7 Å². The van der Waals surface area contributed by atoms with E-state index >= 15 is 0 Å². The maximum atomic E-state index is 12.8. The van der Waals surface area contributed by atoms with Gasteiger partial charge in [-0.2, -0.15) is 5.10 Å². The number of carbonyl (C=O) groups is 2. The largest absolute Gasteiger partial charge is 0.481 e. The maximum absolute atomic E-state index is 12.8. The molecule has 10 nitrogen and oxygen atoms in total. The Bertz CT molecular complexity index is 1570. The molecule has 0 spiro atoms. The third-order valence-corrected chi connectivity index (χ3v) is 5.55. The van der Waals surface area contributed by atoms with Crippen molar-refractivity contribution in [2.45, 2.75) is 13.0 Å². The number of nitrogens with two attached hydrogens (primary N) is 1. The molecule has 184 valence electrons. The van der Waals surface area contributed by atoms with Gasteiger partial charge >= 0.3 is 5.97 Å². The highest BCUT2D eigenvalue weighted by molar-refractivity contribution is 5.99. The average molecular weight is 495 g/mol. The van der Waals surface area contributed by atoms with Crippen molar-refractivity contribution in [2.24, 2.45) is 0 Å². The molecule has 10 heteroatoms. The summed E-state index contributed by atoms with van der Waals surface area (Å²) in [6.45, 7) is -0.112. The van der Waals surface area contributed by atoms with Crippen LogP contribution in [0.4, 0.5) is 11.5 Å². The average Bonchev–Trinajstić information content (AvgIpc) is 3.25. The van der Waals surface area contributed by atoms with Crippen LogP contribution in [0.1, 0.15) is 5.56 Å². The quantitative estimate of drug-likeness (QED) is 0.292. The molecule has 37 heavy (non-hydrogen) atoms. The summed E-state index contributed by atoms with van der Waals surface area (Å²) in [4.78, 5) is 32.0. The van der Waals surface area contributed by atoms with Gasteiger partial charge in [0.15, 0.2) is 5.65 Å². The Balaban J connectivity index is 1.37. The minimum absolute atomic E-state index is 0.0865. The molecule has 0 unspecified atom stereocenters. The van der Waals surface area contributed by atoms with Gasteiger partial charge in [-0.3, -0.25) is 9.59 Å². The first kappa shape index (κ1) is 23.5. The Hall–Kier alpha value is -5.25. The predicted octanol–water partition coefficient (Wildman–Crippen LogP) is 4.13. The molecule has 3 aromatic carbocycles. The fourth-order valence-electron chi connectivity index (χ4n) is 3.87. The van der Waals surface area contributed by atoms with Crippen molar-refractivity contribution in [3.63, 3.8) is 0 Å². The van der Waals surface area contributed by atoms with E-state index in [1.807, 2.05) is 54.6 Å². The number of carboxylic acid groups (broad SMARTS) is 1. The van der Waals surface area contributed by atoms with E-state index in [9.17, 15) is 9.59 Å². The molecule has 0 aliphatic rings. The van der Waals surface area contributed by atoms with Crippen LogP contribution in [-0.4, -0.2) is 36.7 Å². The van der Waals surface area contributed by atoms with Gasteiger partial charge in [0.1, 0.15) is 35.9 Å². The zero-order valence-corrected chi connectivity index (χ0v) is 19.5. The number of carboxylic acids is 1. The van der Waals surface area contributed by atoms with Gasteiger partial charge in [0.05, 0.1) is 11.8 Å². The number of aliphatic carboxylic acids is 1. The molecule has 1 amide bonds. The number of hydrogen-bond acceptors (Lipinski definition) is 7. The lowest BCUT2D eigenvalue weighted by Crippen LogP contribution is -2.19. The van der Waals surface area contributed by atoms with Crippen LogP contribution in [0.2, 0.25) is 0 Å². The number of nitrogen functional groups attached to an aromatic ring is 1. The second-order valence-corrected chi connectivity index (χ2v) is 8.22. The van der Waals surface area contributed by atoms with E-state index in [1.54, 1.807) is 24.3 Å². The normalized spacial score (nSPS) is 10.8. The van der Waals surface area contributed by atoms with E-state index in [1.165, 1.54) is 11.0 Å². The van der Waals surface area contributed by atoms with E-state index < -0.39 is 5.97 Å². The summed E-state index contributed by atoms with van der Waals surface area (Å²) in [7, 11) is 0. The zero-order chi connectivity index (χ0) is 25.8. The smallest absolute Gasteiger partial charge is 0.307 e. The monoisotopic (exact) mass is 494 g/mol. The molecule has 5 rings (SSSR count). The number of benzene rings is 3. The highest BCUT2D eigenvalue weighted by atomic mass is 16.5. The summed E-state index contributed by atoms with van der Waals surface area (Å²) in [5, 5.41) is 16.9. The number of anilines is 2. The van der Waals surface area contributed by atoms with Gasteiger partial charge in [0.25, 0.3) is 0 Å². The number of fused-ring (bicyclic) bond motifs is 1. The lowest BCUT2D eigenvalue weighted by Gasteiger charge is -2.07. The van der Waals surface area contributed by atoms with Crippen LogP contribution in [-0.2, 0) is 22.6 Å². The number of amides is 1. The lowest BCUT2D eigenvalue weighted by atomic mass is 10.1. The number of hydrogen-bond donors (Lipinski definition) is 3. The van der Waals surface area contributed by atoms with Crippen LogP contribution >= 0.6 is 0 Å². The number of aromatic nitrogens is 4. The molecule has 0 atom stereocenters. The third kappa shape index (κ3) is 5.38. The van der Waals surface area contributed by atoms with Gasteiger partial charge in [0.2, 0.25) is 5.91 Å². The molecule has 4 N–H and O–H groups in total. The highest BCUT2D eigenvalue weighted by Crippen LogP contribution is 2.32. The van der Waals surface area contributed by atoms with E-state index in [0.29, 0.717) is 33.7 Å². The van der Waals surface area contributed by atoms with Gasteiger partial charge in [-0.15, -0.1) is 0 Å². The zero-order valence-electron chi connectivity index (χ0n) is 19.5. The minimum Gasteiger partial charge on any atom is -0.481 e. The third-order valence-electron chi connectivity index (χ3n) is 5.55. The molecule has 5 aromatic rings. The number of para-hydroxylation sites is 1. The maximum Gasteiger partial charge on any atom is 0.307 e. The van der Waals surface area contributed by atoms with Crippen molar-refractivity contribution in [1.29, 1.82) is 0 Å². The SMILES string of the molecule is Nc1ncnc2c1c(-c1ccc(Oc3ccccc3)cc1)nn2CC(=O)Nc1ccc(CC(=O)O)cc1. The van der Waals surface area contributed by atoms with Crippen molar-refractivity contribution in [2.75, 3.05) is 11.1 Å². The summed E-state index contributed by atoms with van der Waals surface area (Å²) < 4.78 is 7.34. The van der Waals surface area contributed by atoms with Crippen molar-refractivity contribution in [3.05, 3.63) is 90.8 Å². The first-order chi connectivity index (χ1) is 18.0. The Morgan fingerprint density at radius 2 is 1.62 bits per heavy atom. The molecule has 0 saturated heterocycles. The number of carbonyl (C=O) groups excluding carboxylic acids is 1. The molecule has 0 aliphatic heterocycles. The van der Waals surface area contributed by atoms with Crippen molar-refractivity contribution >= 4 is 34.4 Å². The Kier molecular flexibility index (Phi) is 6.45. The molecule has 0 bridgehead atoms. The van der Waals surface area contributed by atoms with Gasteiger partial charge in [-0.25, -0.2) is 14.6 Å². The van der Waals surface area contributed by atoms with E-state index in [0.717, 1.165) is 11.3 Å². The molecule has 0 saturated carbocycles. The van der Waals surface area contributed by atoms with Crippen LogP contribution in [0.3, 0.4) is 0 Å². The molecule has 2 aromatic heterocycles.